The molecule has 0 aromatic heterocycles. The van der Waals surface area contributed by atoms with E-state index >= 15 is 0 Å². The van der Waals surface area contributed by atoms with Crippen LogP contribution in [-0.2, 0) is 26.2 Å². The average molecular weight is 564 g/mol. The van der Waals surface area contributed by atoms with Gasteiger partial charge in [-0.1, -0.05) is 54.8 Å². The molecule has 208 valence electrons. The van der Waals surface area contributed by atoms with Crippen LogP contribution in [0.1, 0.15) is 57.9 Å². The van der Waals surface area contributed by atoms with E-state index in [2.05, 4.69) is 5.32 Å². The molecule has 0 heterocycles. The first-order chi connectivity index (χ1) is 18.1. The summed E-state index contributed by atoms with van der Waals surface area (Å²) in [5, 5.41) is 3.60. The van der Waals surface area contributed by atoms with E-state index in [0.717, 1.165) is 37.5 Å². The van der Waals surface area contributed by atoms with Gasteiger partial charge in [0.25, 0.3) is 0 Å². The largest absolute Gasteiger partial charge is 0.492 e. The standard InChI is InChI=1S/C28H38ClN3O5S/c1-4-37-26-17-10-9-16-25(26)32(38(3,35)36)19-11-18-27(33)31(20-22-12-5-8-15-24(22)29)21(2)28(34)30-23-13-6-7-14-23/h5,8-10,12,15-17,21,23H,4,6-7,11,13-14,18-20H2,1-3H3,(H,30,34). The number of carbonyl (C=O) groups excluding carboxylic acids is 2. The van der Waals surface area contributed by atoms with Crippen molar-refractivity contribution in [2.75, 3.05) is 23.7 Å². The molecule has 2 aromatic rings. The van der Waals surface area contributed by atoms with Crippen LogP contribution in [0.5, 0.6) is 5.75 Å². The summed E-state index contributed by atoms with van der Waals surface area (Å²) >= 11 is 6.38. The molecule has 1 fully saturated rings. The van der Waals surface area contributed by atoms with E-state index in [1.54, 1.807) is 37.3 Å². The molecule has 2 aromatic carbocycles. The minimum absolute atomic E-state index is 0.0638. The third-order valence-electron chi connectivity index (χ3n) is 6.75. The maximum absolute atomic E-state index is 13.5. The van der Waals surface area contributed by atoms with Gasteiger partial charge in [0.05, 0.1) is 18.6 Å². The summed E-state index contributed by atoms with van der Waals surface area (Å²) in [6.07, 6.45) is 5.53. The number of nitrogens with one attached hydrogen (secondary N) is 1. The van der Waals surface area contributed by atoms with Crippen LogP contribution < -0.4 is 14.4 Å². The highest BCUT2D eigenvalue weighted by Crippen LogP contribution is 2.30. The summed E-state index contributed by atoms with van der Waals surface area (Å²) in [6.45, 7) is 4.22. The highest BCUT2D eigenvalue weighted by molar-refractivity contribution is 7.92. The second kappa shape index (κ2) is 13.8. The van der Waals surface area contributed by atoms with Crippen LogP contribution in [0.25, 0.3) is 0 Å². The third kappa shape index (κ3) is 8.11. The van der Waals surface area contributed by atoms with Crippen LogP contribution in [0, 0.1) is 0 Å². The fraction of sp³-hybridized carbons (Fsp3) is 0.500. The number of anilines is 1. The topological polar surface area (TPSA) is 96.0 Å². The zero-order valence-electron chi connectivity index (χ0n) is 22.4. The van der Waals surface area contributed by atoms with Crippen LogP contribution in [0.4, 0.5) is 5.69 Å². The zero-order chi connectivity index (χ0) is 27.7. The van der Waals surface area contributed by atoms with Crippen molar-refractivity contribution in [3.05, 3.63) is 59.1 Å². The van der Waals surface area contributed by atoms with Crippen LogP contribution in [0.2, 0.25) is 5.02 Å². The normalized spacial score (nSPS) is 14.6. The van der Waals surface area contributed by atoms with Gasteiger partial charge in [0.15, 0.2) is 0 Å². The molecule has 8 nitrogen and oxygen atoms in total. The molecule has 0 bridgehead atoms. The second-order valence-corrected chi connectivity index (χ2v) is 11.9. The number of amides is 2. The smallest absolute Gasteiger partial charge is 0.242 e. The molecular formula is C28H38ClN3O5S. The molecule has 1 N–H and O–H groups in total. The number of sulfonamides is 1. The van der Waals surface area contributed by atoms with Gasteiger partial charge in [-0.2, -0.15) is 0 Å². The van der Waals surface area contributed by atoms with Crippen molar-refractivity contribution >= 4 is 39.1 Å². The van der Waals surface area contributed by atoms with Crippen LogP contribution in [-0.4, -0.2) is 56.6 Å². The van der Waals surface area contributed by atoms with Crippen molar-refractivity contribution in [1.29, 1.82) is 0 Å². The van der Waals surface area contributed by atoms with E-state index in [4.69, 9.17) is 16.3 Å². The average Bonchev–Trinajstić information content (AvgIpc) is 3.39. The van der Waals surface area contributed by atoms with E-state index in [1.807, 2.05) is 25.1 Å². The van der Waals surface area contributed by atoms with Crippen molar-refractivity contribution in [3.8, 4) is 5.75 Å². The van der Waals surface area contributed by atoms with Crippen LogP contribution in [0.3, 0.4) is 0 Å². The number of hydrogen-bond acceptors (Lipinski definition) is 5. The van der Waals surface area contributed by atoms with E-state index in [9.17, 15) is 18.0 Å². The Morgan fingerprint density at radius 1 is 1.11 bits per heavy atom. The fourth-order valence-corrected chi connectivity index (χ4v) is 5.87. The molecule has 3 rings (SSSR count). The molecule has 1 unspecified atom stereocenters. The number of halogens is 1. The molecule has 0 radical (unpaired) electrons. The predicted molar refractivity (Wildman–Crippen MR) is 151 cm³/mol. The van der Waals surface area contributed by atoms with E-state index in [0.29, 0.717) is 23.1 Å². The lowest BCUT2D eigenvalue weighted by atomic mass is 10.1. The number of para-hydroxylation sites is 2. The number of hydrogen-bond donors (Lipinski definition) is 1. The number of nitrogens with zero attached hydrogens (tertiary/aromatic N) is 2. The fourth-order valence-electron chi connectivity index (χ4n) is 4.71. The van der Waals surface area contributed by atoms with Gasteiger partial charge in [-0.3, -0.25) is 13.9 Å². The Balaban J connectivity index is 1.75. The van der Waals surface area contributed by atoms with Gasteiger partial charge in [-0.15, -0.1) is 0 Å². The molecule has 38 heavy (non-hydrogen) atoms. The zero-order valence-corrected chi connectivity index (χ0v) is 23.9. The summed E-state index contributed by atoms with van der Waals surface area (Å²) in [4.78, 5) is 28.1. The van der Waals surface area contributed by atoms with Crippen LogP contribution >= 0.6 is 11.6 Å². The Hall–Kier alpha value is -2.78. The molecular weight excluding hydrogens is 526 g/mol. The van der Waals surface area contributed by atoms with Gasteiger partial charge < -0.3 is 15.0 Å². The SMILES string of the molecule is CCOc1ccccc1N(CCCC(=O)N(Cc1ccccc1Cl)C(C)C(=O)NC1CCCC1)S(C)(=O)=O. The molecule has 1 saturated carbocycles. The maximum atomic E-state index is 13.5. The number of ether oxygens (including phenoxy) is 1. The van der Waals surface area contributed by atoms with Crippen molar-refractivity contribution in [3.63, 3.8) is 0 Å². The summed E-state index contributed by atoms with van der Waals surface area (Å²) in [7, 11) is -3.63. The quantitative estimate of drug-likeness (QED) is 0.379. The third-order valence-corrected chi connectivity index (χ3v) is 8.30. The monoisotopic (exact) mass is 563 g/mol. The summed E-state index contributed by atoms with van der Waals surface area (Å²) in [5.74, 6) is 0.0237. The van der Waals surface area contributed by atoms with Crippen molar-refractivity contribution < 1.29 is 22.7 Å². The Kier molecular flexibility index (Phi) is 10.8. The van der Waals surface area contributed by atoms with Gasteiger partial charge in [-0.05, 0) is 56.9 Å². The van der Waals surface area contributed by atoms with E-state index < -0.39 is 16.1 Å². The van der Waals surface area contributed by atoms with Crippen molar-refractivity contribution in [1.82, 2.24) is 10.2 Å². The first kappa shape index (κ1) is 29.8. The van der Waals surface area contributed by atoms with Crippen LogP contribution in [0.15, 0.2) is 48.5 Å². The predicted octanol–water partition coefficient (Wildman–Crippen LogP) is 4.76. The Morgan fingerprint density at radius 2 is 1.76 bits per heavy atom. The summed E-state index contributed by atoms with van der Waals surface area (Å²) in [6, 6.07) is 13.6. The maximum Gasteiger partial charge on any atom is 0.242 e. The van der Waals surface area contributed by atoms with Crippen molar-refractivity contribution in [2.24, 2.45) is 0 Å². The molecule has 0 aliphatic heterocycles. The highest BCUT2D eigenvalue weighted by Gasteiger charge is 2.29. The number of rotatable bonds is 13. The number of benzene rings is 2. The molecule has 2 amide bonds. The Bertz CT molecular complexity index is 1200. The lowest BCUT2D eigenvalue weighted by molar-refractivity contribution is -0.140. The summed E-state index contributed by atoms with van der Waals surface area (Å²) < 4.78 is 32.2. The highest BCUT2D eigenvalue weighted by atomic mass is 35.5. The summed E-state index contributed by atoms with van der Waals surface area (Å²) in [5.41, 5.74) is 1.17. The van der Waals surface area contributed by atoms with Gasteiger partial charge in [0, 0.05) is 30.6 Å². The lowest BCUT2D eigenvalue weighted by Gasteiger charge is -2.30. The molecule has 1 aliphatic rings. The number of carbonyl (C=O) groups is 2. The minimum Gasteiger partial charge on any atom is -0.492 e. The van der Waals surface area contributed by atoms with E-state index in [1.165, 1.54) is 9.21 Å². The van der Waals surface area contributed by atoms with Gasteiger partial charge in [-0.25, -0.2) is 8.42 Å². The van der Waals surface area contributed by atoms with Gasteiger partial charge in [0.2, 0.25) is 21.8 Å². The first-order valence-electron chi connectivity index (χ1n) is 13.1. The minimum atomic E-state index is -3.63. The van der Waals surface area contributed by atoms with Gasteiger partial charge in [0.1, 0.15) is 11.8 Å². The van der Waals surface area contributed by atoms with Crippen molar-refractivity contribution in [2.45, 2.75) is 71.0 Å². The molecule has 1 atom stereocenters. The molecule has 10 heteroatoms. The first-order valence-corrected chi connectivity index (χ1v) is 15.4. The van der Waals surface area contributed by atoms with Gasteiger partial charge >= 0.3 is 0 Å². The lowest BCUT2D eigenvalue weighted by Crippen LogP contribution is -2.49. The Labute approximate surface area is 231 Å². The molecule has 0 spiro atoms. The Morgan fingerprint density at radius 3 is 2.42 bits per heavy atom. The molecule has 0 saturated heterocycles. The second-order valence-electron chi connectivity index (χ2n) is 9.62. The van der Waals surface area contributed by atoms with E-state index in [-0.39, 0.29) is 43.8 Å². The molecule has 1 aliphatic carbocycles.